The average molecular weight is 115 g/mol. The zero-order valence-electron chi connectivity index (χ0n) is 5.31. The summed E-state index contributed by atoms with van der Waals surface area (Å²) in [4.78, 5) is 0. The second kappa shape index (κ2) is 2.46. The van der Waals surface area contributed by atoms with Crippen LogP contribution in [0.3, 0.4) is 0 Å². The molecule has 1 saturated heterocycles. The first-order valence-electron chi connectivity index (χ1n) is 2.83. The molecule has 0 aromatic rings. The van der Waals surface area contributed by atoms with Crippen molar-refractivity contribution < 1.29 is 9.47 Å². The largest absolute Gasteiger partial charge is 0.352 e. The summed E-state index contributed by atoms with van der Waals surface area (Å²) < 4.78 is 10.3. The van der Waals surface area contributed by atoms with Crippen molar-refractivity contribution in [2.75, 3.05) is 13.2 Å². The molecule has 1 heterocycles. The molecule has 1 radical (unpaired) electrons. The highest BCUT2D eigenvalue weighted by atomic mass is 16.7. The predicted molar refractivity (Wildman–Crippen MR) is 30.3 cm³/mol. The number of ether oxygens (including phenoxy) is 2. The summed E-state index contributed by atoms with van der Waals surface area (Å²) in [5, 5.41) is 0. The maximum Gasteiger partial charge on any atom is 0.154 e. The first kappa shape index (κ1) is 6.05. The molecule has 0 aromatic heterocycles. The fourth-order valence-corrected chi connectivity index (χ4v) is 0.609. The molecule has 2 heteroatoms. The van der Waals surface area contributed by atoms with E-state index in [1.165, 1.54) is 5.92 Å². The lowest BCUT2D eigenvalue weighted by atomic mass is 10.2. The minimum atomic E-state index is -0.00120. The maximum atomic E-state index is 5.13. The Hall–Kier alpha value is -0.0800. The summed E-state index contributed by atoms with van der Waals surface area (Å²) in [6.45, 7) is 5.47. The molecule has 0 N–H and O–H groups in total. The summed E-state index contributed by atoms with van der Waals surface area (Å²) in [6, 6.07) is 0. The summed E-state index contributed by atoms with van der Waals surface area (Å²) in [7, 11) is 0. The van der Waals surface area contributed by atoms with Gasteiger partial charge in [0.25, 0.3) is 0 Å². The van der Waals surface area contributed by atoms with E-state index in [2.05, 4.69) is 0 Å². The third kappa shape index (κ3) is 1.46. The van der Waals surface area contributed by atoms with E-state index in [0.29, 0.717) is 0 Å². The van der Waals surface area contributed by atoms with Crippen LogP contribution < -0.4 is 0 Å². The Morgan fingerprint density at radius 1 is 1.38 bits per heavy atom. The Kier molecular flexibility index (Phi) is 1.86. The van der Waals surface area contributed by atoms with E-state index in [1.54, 1.807) is 0 Å². The van der Waals surface area contributed by atoms with Crippen LogP contribution in [0.15, 0.2) is 0 Å². The van der Waals surface area contributed by atoms with Crippen molar-refractivity contribution in [3.8, 4) is 0 Å². The van der Waals surface area contributed by atoms with Crippen LogP contribution in [-0.4, -0.2) is 19.5 Å². The molecule has 0 saturated carbocycles. The molecule has 0 amide bonds. The van der Waals surface area contributed by atoms with Crippen molar-refractivity contribution >= 4 is 0 Å². The van der Waals surface area contributed by atoms with Gasteiger partial charge in [0.1, 0.15) is 0 Å². The topological polar surface area (TPSA) is 18.5 Å². The molecule has 0 bridgehead atoms. The molecule has 2 nitrogen and oxygen atoms in total. The zero-order chi connectivity index (χ0) is 5.98. The van der Waals surface area contributed by atoms with E-state index in [4.69, 9.17) is 9.47 Å². The van der Waals surface area contributed by atoms with Gasteiger partial charge < -0.3 is 9.47 Å². The van der Waals surface area contributed by atoms with Crippen LogP contribution in [0.5, 0.6) is 0 Å². The number of hydrogen-bond acceptors (Lipinski definition) is 2. The summed E-state index contributed by atoms with van der Waals surface area (Å²) >= 11 is 0. The third-order valence-corrected chi connectivity index (χ3v) is 1.13. The lowest BCUT2D eigenvalue weighted by Gasteiger charge is -2.23. The minimum Gasteiger partial charge on any atom is -0.352 e. The van der Waals surface area contributed by atoms with Gasteiger partial charge in [-0.05, 0) is 6.92 Å². The van der Waals surface area contributed by atoms with Gasteiger partial charge in [-0.15, -0.1) is 0 Å². The molecule has 8 heavy (non-hydrogen) atoms. The Bertz CT molecular complexity index is 54.9. The van der Waals surface area contributed by atoms with Gasteiger partial charge in [-0.3, -0.25) is 0 Å². The van der Waals surface area contributed by atoms with E-state index in [1.807, 2.05) is 13.8 Å². The fourth-order valence-electron chi connectivity index (χ4n) is 0.609. The van der Waals surface area contributed by atoms with Gasteiger partial charge in [0, 0.05) is 5.92 Å². The lowest BCUT2D eigenvalue weighted by Crippen LogP contribution is -2.26. The molecular formula is C6H11O2. The van der Waals surface area contributed by atoms with Gasteiger partial charge in [-0.2, -0.15) is 0 Å². The first-order chi connectivity index (χ1) is 3.79. The van der Waals surface area contributed by atoms with Crippen LogP contribution in [-0.2, 0) is 9.47 Å². The molecule has 1 aliphatic rings. The van der Waals surface area contributed by atoms with Gasteiger partial charge in [0.15, 0.2) is 6.29 Å². The molecule has 0 unspecified atom stereocenters. The standard InChI is InChI=1S/C6H11O2/c1-5-3-7-6(2)8-4-5/h6H,3-4H2,1-2H3. The van der Waals surface area contributed by atoms with Crippen LogP contribution in [0.4, 0.5) is 0 Å². The van der Waals surface area contributed by atoms with Gasteiger partial charge in [-0.25, -0.2) is 0 Å². The number of hydrogen-bond donors (Lipinski definition) is 0. The van der Waals surface area contributed by atoms with Gasteiger partial charge >= 0.3 is 0 Å². The molecule has 1 rings (SSSR count). The second-order valence-electron chi connectivity index (χ2n) is 2.15. The van der Waals surface area contributed by atoms with Crippen molar-refractivity contribution in [1.82, 2.24) is 0 Å². The van der Waals surface area contributed by atoms with Crippen molar-refractivity contribution in [3.63, 3.8) is 0 Å². The molecule has 1 fully saturated rings. The molecule has 0 aliphatic carbocycles. The summed E-state index contributed by atoms with van der Waals surface area (Å²) in [5.74, 6) is 1.27. The van der Waals surface area contributed by atoms with E-state index in [0.717, 1.165) is 13.2 Å². The van der Waals surface area contributed by atoms with E-state index >= 15 is 0 Å². The predicted octanol–water partition coefficient (Wildman–Crippen LogP) is 0.974. The average Bonchev–Trinajstić information content (AvgIpc) is 1.77. The van der Waals surface area contributed by atoms with Crippen LogP contribution in [0, 0.1) is 5.92 Å². The third-order valence-electron chi connectivity index (χ3n) is 1.13. The summed E-state index contributed by atoms with van der Waals surface area (Å²) in [6.07, 6.45) is -0.00120. The van der Waals surface area contributed by atoms with Gasteiger partial charge in [0.05, 0.1) is 13.2 Å². The Morgan fingerprint density at radius 3 is 2.25 bits per heavy atom. The van der Waals surface area contributed by atoms with E-state index in [9.17, 15) is 0 Å². The van der Waals surface area contributed by atoms with Crippen LogP contribution in [0.25, 0.3) is 0 Å². The fraction of sp³-hybridized carbons (Fsp3) is 0.833. The van der Waals surface area contributed by atoms with Crippen LogP contribution in [0.1, 0.15) is 13.8 Å². The molecule has 1 aliphatic heterocycles. The molecule has 0 spiro atoms. The van der Waals surface area contributed by atoms with Crippen LogP contribution in [0.2, 0.25) is 0 Å². The zero-order valence-corrected chi connectivity index (χ0v) is 5.31. The van der Waals surface area contributed by atoms with Crippen molar-refractivity contribution in [3.05, 3.63) is 5.92 Å². The van der Waals surface area contributed by atoms with Crippen molar-refractivity contribution in [2.45, 2.75) is 20.1 Å². The highest BCUT2D eigenvalue weighted by molar-refractivity contribution is 4.85. The second-order valence-corrected chi connectivity index (χ2v) is 2.15. The normalized spacial score (nSPS) is 26.2. The lowest BCUT2D eigenvalue weighted by molar-refractivity contribution is -0.155. The van der Waals surface area contributed by atoms with Gasteiger partial charge in [-0.1, -0.05) is 6.92 Å². The molecule has 47 valence electrons. The summed E-state index contributed by atoms with van der Waals surface area (Å²) in [5.41, 5.74) is 0. The van der Waals surface area contributed by atoms with E-state index in [-0.39, 0.29) is 6.29 Å². The molecule has 0 aromatic carbocycles. The van der Waals surface area contributed by atoms with Crippen LogP contribution >= 0.6 is 0 Å². The van der Waals surface area contributed by atoms with E-state index < -0.39 is 0 Å². The van der Waals surface area contributed by atoms with Crippen molar-refractivity contribution in [2.24, 2.45) is 0 Å². The van der Waals surface area contributed by atoms with Crippen molar-refractivity contribution in [1.29, 1.82) is 0 Å². The minimum absolute atomic E-state index is 0.00120. The maximum absolute atomic E-state index is 5.13. The monoisotopic (exact) mass is 115 g/mol. The Morgan fingerprint density at radius 2 is 1.88 bits per heavy atom. The SMILES string of the molecule is C[C]1COC(C)OC1. The highest BCUT2D eigenvalue weighted by Gasteiger charge is 2.14. The highest BCUT2D eigenvalue weighted by Crippen LogP contribution is 2.10. The Balaban J connectivity index is 2.19. The van der Waals surface area contributed by atoms with Gasteiger partial charge in [0.2, 0.25) is 0 Å². The molecule has 0 atom stereocenters. The Labute approximate surface area is 49.8 Å². The smallest absolute Gasteiger partial charge is 0.154 e. The first-order valence-corrected chi connectivity index (χ1v) is 2.83. The number of rotatable bonds is 0. The molecular weight excluding hydrogens is 104 g/mol. The quantitative estimate of drug-likeness (QED) is 0.468.